The number of rotatable bonds is 2. The number of hydrogen-bond acceptors (Lipinski definition) is 0. The smallest absolute Gasteiger partial charge is 0.00487 e. The van der Waals surface area contributed by atoms with E-state index in [2.05, 4.69) is 29.4 Å². The molecule has 0 atom stereocenters. The van der Waals surface area contributed by atoms with Crippen LogP contribution in [0.5, 0.6) is 0 Å². The molecule has 8 heavy (non-hydrogen) atoms. The molecule has 0 radical (unpaired) electrons. The molecule has 0 aliphatic rings. The quantitative estimate of drug-likeness (QED) is 0.565. The van der Waals surface area contributed by atoms with Gasteiger partial charge in [-0.25, -0.2) is 0 Å². The summed E-state index contributed by atoms with van der Waals surface area (Å²) in [7, 11) is 0. The molecule has 0 aromatic rings. The SMILES string of the molecule is C=C/C(CC)=C(\C)Br. The fourth-order valence-corrected chi connectivity index (χ4v) is 0.971. The van der Waals surface area contributed by atoms with Crippen LogP contribution < -0.4 is 0 Å². The molecule has 0 bridgehead atoms. The third kappa shape index (κ3) is 2.31. The van der Waals surface area contributed by atoms with Crippen molar-refractivity contribution < 1.29 is 0 Å². The minimum Gasteiger partial charge on any atom is -0.0988 e. The van der Waals surface area contributed by atoms with Gasteiger partial charge in [-0.1, -0.05) is 35.5 Å². The molecule has 46 valence electrons. The molecule has 0 aromatic heterocycles. The predicted octanol–water partition coefficient (Wildman–Crippen LogP) is 3.25. The van der Waals surface area contributed by atoms with Crippen LogP contribution >= 0.6 is 15.9 Å². The zero-order valence-electron chi connectivity index (χ0n) is 5.37. The average molecular weight is 175 g/mol. The van der Waals surface area contributed by atoms with Gasteiger partial charge in [0.15, 0.2) is 0 Å². The molecule has 0 amide bonds. The molecule has 0 aliphatic carbocycles. The van der Waals surface area contributed by atoms with E-state index in [-0.39, 0.29) is 0 Å². The van der Waals surface area contributed by atoms with Gasteiger partial charge in [0.25, 0.3) is 0 Å². The Hall–Kier alpha value is -0.0400. The molecule has 0 nitrogen and oxygen atoms in total. The number of hydrogen-bond donors (Lipinski definition) is 0. The van der Waals surface area contributed by atoms with E-state index in [9.17, 15) is 0 Å². The van der Waals surface area contributed by atoms with Gasteiger partial charge in [-0.15, -0.1) is 0 Å². The Kier molecular flexibility index (Phi) is 3.88. The monoisotopic (exact) mass is 174 g/mol. The Balaban J connectivity index is 4.07. The first-order chi connectivity index (χ1) is 3.72. The summed E-state index contributed by atoms with van der Waals surface area (Å²) in [4.78, 5) is 0. The second-order valence-electron chi connectivity index (χ2n) is 1.62. The fourth-order valence-electron chi connectivity index (χ4n) is 0.529. The largest absolute Gasteiger partial charge is 0.0988 e. The van der Waals surface area contributed by atoms with Gasteiger partial charge in [-0.2, -0.15) is 0 Å². The van der Waals surface area contributed by atoms with Crippen LogP contribution in [0.2, 0.25) is 0 Å². The maximum atomic E-state index is 3.67. The van der Waals surface area contributed by atoms with E-state index < -0.39 is 0 Å². The minimum absolute atomic E-state index is 1.06. The van der Waals surface area contributed by atoms with E-state index in [1.165, 1.54) is 10.1 Å². The van der Waals surface area contributed by atoms with Crippen molar-refractivity contribution in [1.29, 1.82) is 0 Å². The van der Waals surface area contributed by atoms with Gasteiger partial charge in [-0.3, -0.25) is 0 Å². The van der Waals surface area contributed by atoms with Crippen molar-refractivity contribution in [2.75, 3.05) is 0 Å². The van der Waals surface area contributed by atoms with Crippen molar-refractivity contribution in [1.82, 2.24) is 0 Å². The Morgan fingerprint density at radius 2 is 2.25 bits per heavy atom. The van der Waals surface area contributed by atoms with Crippen molar-refractivity contribution in [3.8, 4) is 0 Å². The summed E-state index contributed by atoms with van der Waals surface area (Å²) in [5.74, 6) is 0. The van der Waals surface area contributed by atoms with Crippen LogP contribution in [0.25, 0.3) is 0 Å². The van der Waals surface area contributed by atoms with Gasteiger partial charge in [0.1, 0.15) is 0 Å². The standard InChI is InChI=1S/C7H11Br/c1-4-7(5-2)6(3)8/h4H,1,5H2,2-3H3/b7-6-. The highest BCUT2D eigenvalue weighted by molar-refractivity contribution is 9.11. The third-order valence-corrected chi connectivity index (χ3v) is 1.58. The Bertz CT molecular complexity index is 108. The molecule has 0 aliphatic heterocycles. The van der Waals surface area contributed by atoms with Crippen molar-refractivity contribution in [2.45, 2.75) is 20.3 Å². The summed E-state index contributed by atoms with van der Waals surface area (Å²) in [6.45, 7) is 7.81. The first kappa shape index (κ1) is 7.96. The summed E-state index contributed by atoms with van der Waals surface area (Å²) in [5, 5.41) is 0. The molecule has 0 unspecified atom stereocenters. The van der Waals surface area contributed by atoms with Crippen molar-refractivity contribution >= 4 is 15.9 Å². The van der Waals surface area contributed by atoms with Crippen molar-refractivity contribution in [3.63, 3.8) is 0 Å². The van der Waals surface area contributed by atoms with E-state index in [4.69, 9.17) is 0 Å². The molecule has 0 saturated heterocycles. The molecule has 0 rings (SSSR count). The van der Waals surface area contributed by atoms with E-state index in [1.807, 2.05) is 13.0 Å². The zero-order chi connectivity index (χ0) is 6.57. The van der Waals surface area contributed by atoms with Crippen molar-refractivity contribution in [3.05, 3.63) is 22.7 Å². The number of allylic oxidation sites excluding steroid dienone is 3. The maximum absolute atomic E-state index is 3.67. The molecule has 0 fully saturated rings. The molecular formula is C7H11Br. The van der Waals surface area contributed by atoms with Crippen LogP contribution in [-0.2, 0) is 0 Å². The van der Waals surface area contributed by atoms with Gasteiger partial charge >= 0.3 is 0 Å². The van der Waals surface area contributed by atoms with Crippen LogP contribution in [0, 0.1) is 0 Å². The predicted molar refractivity (Wildman–Crippen MR) is 42.1 cm³/mol. The number of halogens is 1. The van der Waals surface area contributed by atoms with Crippen LogP contribution in [-0.4, -0.2) is 0 Å². The lowest BCUT2D eigenvalue weighted by Gasteiger charge is -1.94. The second-order valence-corrected chi connectivity index (χ2v) is 2.81. The molecule has 1 heteroatoms. The van der Waals surface area contributed by atoms with Crippen LogP contribution in [0.15, 0.2) is 22.7 Å². The lowest BCUT2D eigenvalue weighted by atomic mass is 10.2. The Morgan fingerprint density at radius 3 is 2.25 bits per heavy atom. The molecular weight excluding hydrogens is 164 g/mol. The van der Waals surface area contributed by atoms with E-state index in [0.29, 0.717) is 0 Å². The lowest BCUT2D eigenvalue weighted by molar-refractivity contribution is 1.14. The highest BCUT2D eigenvalue weighted by Gasteiger charge is 1.88. The summed E-state index contributed by atoms with van der Waals surface area (Å²) in [6.07, 6.45) is 2.94. The van der Waals surface area contributed by atoms with E-state index in [0.717, 1.165) is 6.42 Å². The average Bonchev–Trinajstić information content (AvgIpc) is 1.69. The summed E-state index contributed by atoms with van der Waals surface area (Å²) in [6, 6.07) is 0. The highest BCUT2D eigenvalue weighted by Crippen LogP contribution is 2.13. The van der Waals surface area contributed by atoms with Crippen molar-refractivity contribution in [2.24, 2.45) is 0 Å². The molecule has 0 aromatic carbocycles. The van der Waals surface area contributed by atoms with Gasteiger partial charge < -0.3 is 0 Å². The van der Waals surface area contributed by atoms with Gasteiger partial charge in [0.05, 0.1) is 0 Å². The molecule has 0 N–H and O–H groups in total. The molecule has 0 saturated carbocycles. The zero-order valence-corrected chi connectivity index (χ0v) is 6.96. The maximum Gasteiger partial charge on any atom is -0.00487 e. The highest BCUT2D eigenvalue weighted by atomic mass is 79.9. The normalized spacial score (nSPS) is 12.9. The third-order valence-electron chi connectivity index (χ3n) is 1.07. The summed E-state index contributed by atoms with van der Waals surface area (Å²) >= 11 is 3.37. The topological polar surface area (TPSA) is 0 Å². The molecule has 0 heterocycles. The molecule has 0 spiro atoms. The van der Waals surface area contributed by atoms with Gasteiger partial charge in [0.2, 0.25) is 0 Å². The van der Waals surface area contributed by atoms with Gasteiger partial charge in [-0.05, 0) is 23.4 Å². The summed E-state index contributed by atoms with van der Waals surface area (Å²) in [5.41, 5.74) is 1.28. The van der Waals surface area contributed by atoms with Crippen LogP contribution in [0.1, 0.15) is 20.3 Å². The van der Waals surface area contributed by atoms with Gasteiger partial charge in [0, 0.05) is 0 Å². The Labute approximate surface area is 59.4 Å². The minimum atomic E-state index is 1.06. The second kappa shape index (κ2) is 3.90. The van der Waals surface area contributed by atoms with Crippen LogP contribution in [0.3, 0.4) is 0 Å². The fraction of sp³-hybridized carbons (Fsp3) is 0.429. The lowest BCUT2D eigenvalue weighted by Crippen LogP contribution is -1.73. The van der Waals surface area contributed by atoms with E-state index >= 15 is 0 Å². The first-order valence-corrected chi connectivity index (χ1v) is 3.49. The summed E-state index contributed by atoms with van der Waals surface area (Å²) < 4.78 is 1.19. The van der Waals surface area contributed by atoms with Crippen LogP contribution in [0.4, 0.5) is 0 Å². The first-order valence-electron chi connectivity index (χ1n) is 2.70. The Morgan fingerprint density at radius 1 is 1.75 bits per heavy atom. The van der Waals surface area contributed by atoms with E-state index in [1.54, 1.807) is 0 Å².